The molecule has 2 aromatic carbocycles. The van der Waals surface area contributed by atoms with Crippen LogP contribution in [0.1, 0.15) is 35.8 Å². The summed E-state index contributed by atoms with van der Waals surface area (Å²) in [6, 6.07) is 16.0. The highest BCUT2D eigenvalue weighted by Gasteiger charge is 2.16. The number of ether oxygens (including phenoxy) is 1. The monoisotopic (exact) mass is 392 g/mol. The normalized spacial score (nSPS) is 11.9. The van der Waals surface area contributed by atoms with Crippen molar-refractivity contribution in [2.75, 3.05) is 11.9 Å². The Balaban J connectivity index is 1.98. The molecule has 0 spiro atoms. The van der Waals surface area contributed by atoms with E-state index >= 15 is 0 Å². The molecule has 0 aliphatic rings. The summed E-state index contributed by atoms with van der Waals surface area (Å²) in [5, 5.41) is 5.53. The van der Waals surface area contributed by atoms with Gasteiger partial charge in [0.2, 0.25) is 0 Å². The standard InChI is InChI=1S/C23H24N2O4/c1-3-4-6-15-22(27)29-16-21(26)25-20-14-10-9-13-19(20)23(28)24-17(2)18-11-7-5-8-12-18/h3-15,17H,16H2,1-2H3,(H,24,28)(H,25,26)/b4-3+,15-6+/t17-/m0/s1. The summed E-state index contributed by atoms with van der Waals surface area (Å²) in [5.41, 5.74) is 1.64. The van der Waals surface area contributed by atoms with Gasteiger partial charge in [0, 0.05) is 6.08 Å². The lowest BCUT2D eigenvalue weighted by atomic mass is 10.1. The van der Waals surface area contributed by atoms with Gasteiger partial charge in [-0.3, -0.25) is 9.59 Å². The smallest absolute Gasteiger partial charge is 0.331 e. The molecule has 0 heterocycles. The summed E-state index contributed by atoms with van der Waals surface area (Å²) in [7, 11) is 0. The van der Waals surface area contributed by atoms with Gasteiger partial charge in [-0.2, -0.15) is 0 Å². The van der Waals surface area contributed by atoms with E-state index in [2.05, 4.69) is 10.6 Å². The second kappa shape index (κ2) is 11.2. The maximum absolute atomic E-state index is 12.7. The van der Waals surface area contributed by atoms with Crippen LogP contribution in [0.3, 0.4) is 0 Å². The second-order valence-corrected chi connectivity index (χ2v) is 6.19. The molecule has 150 valence electrons. The highest BCUT2D eigenvalue weighted by molar-refractivity contribution is 6.04. The van der Waals surface area contributed by atoms with Crippen LogP contribution in [0.4, 0.5) is 5.69 Å². The van der Waals surface area contributed by atoms with Crippen molar-refractivity contribution in [1.29, 1.82) is 0 Å². The van der Waals surface area contributed by atoms with Gasteiger partial charge >= 0.3 is 5.97 Å². The minimum absolute atomic E-state index is 0.197. The van der Waals surface area contributed by atoms with Crippen molar-refractivity contribution in [2.24, 2.45) is 0 Å². The fraction of sp³-hybridized carbons (Fsp3) is 0.174. The maximum atomic E-state index is 12.7. The fourth-order valence-electron chi connectivity index (χ4n) is 2.51. The van der Waals surface area contributed by atoms with E-state index in [1.165, 1.54) is 12.2 Å². The predicted molar refractivity (Wildman–Crippen MR) is 112 cm³/mol. The molecule has 2 N–H and O–H groups in total. The molecule has 2 aromatic rings. The Kier molecular flexibility index (Phi) is 8.38. The van der Waals surface area contributed by atoms with Crippen molar-refractivity contribution in [1.82, 2.24) is 5.32 Å². The Hall–Kier alpha value is -3.67. The van der Waals surface area contributed by atoms with Crippen molar-refractivity contribution in [3.05, 3.63) is 90.0 Å². The summed E-state index contributed by atoms with van der Waals surface area (Å²) in [6.45, 7) is 3.25. The van der Waals surface area contributed by atoms with Gasteiger partial charge in [-0.15, -0.1) is 0 Å². The lowest BCUT2D eigenvalue weighted by molar-refractivity contribution is -0.142. The molecule has 29 heavy (non-hydrogen) atoms. The molecule has 2 rings (SSSR count). The summed E-state index contributed by atoms with van der Waals surface area (Å²) in [5.74, 6) is -1.47. The minimum atomic E-state index is -0.624. The predicted octanol–water partition coefficient (Wildman–Crippen LogP) is 3.79. The fourth-order valence-corrected chi connectivity index (χ4v) is 2.51. The van der Waals surface area contributed by atoms with E-state index in [9.17, 15) is 14.4 Å². The van der Waals surface area contributed by atoms with Gasteiger partial charge in [-0.25, -0.2) is 4.79 Å². The van der Waals surface area contributed by atoms with Gasteiger partial charge in [-0.1, -0.05) is 60.7 Å². The topological polar surface area (TPSA) is 84.5 Å². The van der Waals surface area contributed by atoms with Gasteiger partial charge in [0.05, 0.1) is 17.3 Å². The number of nitrogens with one attached hydrogen (secondary N) is 2. The first-order valence-corrected chi connectivity index (χ1v) is 9.22. The van der Waals surface area contributed by atoms with E-state index < -0.39 is 18.5 Å². The molecule has 0 aromatic heterocycles. The zero-order valence-electron chi connectivity index (χ0n) is 16.4. The largest absolute Gasteiger partial charge is 0.452 e. The van der Waals surface area contributed by atoms with Crippen molar-refractivity contribution in [3.8, 4) is 0 Å². The number of allylic oxidation sites excluding steroid dienone is 3. The first-order chi connectivity index (χ1) is 14.0. The van der Waals surface area contributed by atoms with E-state index in [-0.39, 0.29) is 11.9 Å². The number of rotatable bonds is 8. The van der Waals surface area contributed by atoms with E-state index in [0.717, 1.165) is 5.56 Å². The van der Waals surface area contributed by atoms with Crippen molar-refractivity contribution >= 4 is 23.5 Å². The molecular weight excluding hydrogens is 368 g/mol. The van der Waals surface area contributed by atoms with Crippen LogP contribution in [0.15, 0.2) is 78.9 Å². The number of amides is 2. The van der Waals surface area contributed by atoms with E-state index in [1.807, 2.05) is 44.2 Å². The number of carbonyl (C=O) groups excluding carboxylic acids is 3. The number of carbonyl (C=O) groups is 3. The summed E-state index contributed by atoms with van der Waals surface area (Å²) in [6.07, 6.45) is 6.18. The van der Waals surface area contributed by atoms with Gasteiger partial charge in [0.1, 0.15) is 0 Å². The van der Waals surface area contributed by atoms with Gasteiger partial charge < -0.3 is 15.4 Å². The molecule has 0 aliphatic carbocycles. The third-order valence-corrected chi connectivity index (χ3v) is 3.97. The Morgan fingerprint density at radius 2 is 1.69 bits per heavy atom. The molecule has 0 fully saturated rings. The summed E-state index contributed by atoms with van der Waals surface area (Å²) in [4.78, 5) is 36.3. The molecule has 6 nitrogen and oxygen atoms in total. The molecule has 0 saturated heterocycles. The minimum Gasteiger partial charge on any atom is -0.452 e. The maximum Gasteiger partial charge on any atom is 0.331 e. The zero-order chi connectivity index (χ0) is 21.1. The van der Waals surface area contributed by atoms with Crippen molar-refractivity contribution in [3.63, 3.8) is 0 Å². The summed E-state index contributed by atoms with van der Waals surface area (Å²) >= 11 is 0. The second-order valence-electron chi connectivity index (χ2n) is 6.19. The lowest BCUT2D eigenvalue weighted by Crippen LogP contribution is -2.28. The van der Waals surface area contributed by atoms with Crippen LogP contribution in [0.25, 0.3) is 0 Å². The van der Waals surface area contributed by atoms with E-state index in [0.29, 0.717) is 11.3 Å². The summed E-state index contributed by atoms with van der Waals surface area (Å²) < 4.78 is 4.87. The third kappa shape index (κ3) is 7.10. The highest BCUT2D eigenvalue weighted by atomic mass is 16.5. The third-order valence-electron chi connectivity index (χ3n) is 3.97. The van der Waals surface area contributed by atoms with Gasteiger partial charge in [-0.05, 0) is 31.5 Å². The van der Waals surface area contributed by atoms with E-state index in [1.54, 1.807) is 36.4 Å². The molecule has 0 radical (unpaired) electrons. The molecule has 0 unspecified atom stereocenters. The average Bonchev–Trinajstić information content (AvgIpc) is 2.73. The van der Waals surface area contributed by atoms with Crippen molar-refractivity contribution < 1.29 is 19.1 Å². The van der Waals surface area contributed by atoms with Crippen molar-refractivity contribution in [2.45, 2.75) is 19.9 Å². The molecule has 1 atom stereocenters. The molecule has 6 heteroatoms. The van der Waals surface area contributed by atoms with Gasteiger partial charge in [0.25, 0.3) is 11.8 Å². The van der Waals surface area contributed by atoms with E-state index in [4.69, 9.17) is 4.74 Å². The van der Waals surface area contributed by atoms with Gasteiger partial charge in [0.15, 0.2) is 6.61 Å². The van der Waals surface area contributed by atoms with Crippen LogP contribution in [0.2, 0.25) is 0 Å². The lowest BCUT2D eigenvalue weighted by Gasteiger charge is -2.16. The SMILES string of the molecule is C/C=C/C=C/C(=O)OCC(=O)Nc1ccccc1C(=O)N[C@@H](C)c1ccccc1. The number of hydrogen-bond acceptors (Lipinski definition) is 4. The first-order valence-electron chi connectivity index (χ1n) is 9.22. The number of anilines is 1. The molecule has 2 amide bonds. The van der Waals surface area contributed by atoms with Crippen LogP contribution in [0, 0.1) is 0 Å². The molecule has 0 saturated carbocycles. The van der Waals surface area contributed by atoms with Crippen LogP contribution in [0.5, 0.6) is 0 Å². The number of para-hydroxylation sites is 1. The van der Waals surface area contributed by atoms with Crippen LogP contribution < -0.4 is 10.6 Å². The Morgan fingerprint density at radius 1 is 1.00 bits per heavy atom. The molecule has 0 aliphatic heterocycles. The Bertz CT molecular complexity index is 904. The Labute approximate surface area is 170 Å². The highest BCUT2D eigenvalue weighted by Crippen LogP contribution is 2.18. The average molecular weight is 392 g/mol. The molecule has 0 bridgehead atoms. The first kappa shape index (κ1) is 21.6. The molecular formula is C23H24N2O4. The van der Waals surface area contributed by atoms with Crippen LogP contribution >= 0.6 is 0 Å². The zero-order valence-corrected chi connectivity index (χ0v) is 16.4. The Morgan fingerprint density at radius 3 is 2.41 bits per heavy atom. The number of hydrogen-bond donors (Lipinski definition) is 2. The van der Waals surface area contributed by atoms with Crippen LogP contribution in [-0.4, -0.2) is 24.4 Å². The number of esters is 1. The van der Waals surface area contributed by atoms with Crippen LogP contribution in [-0.2, 0) is 14.3 Å². The number of benzene rings is 2. The quantitative estimate of drug-likeness (QED) is 0.407.